The first kappa shape index (κ1) is 17.2. The maximum Gasteiger partial charge on any atom is 0.187 e. The highest BCUT2D eigenvalue weighted by Gasteiger charge is 2.14. The van der Waals surface area contributed by atoms with Crippen molar-refractivity contribution in [1.29, 1.82) is 0 Å². The largest absolute Gasteiger partial charge is 0.282 e. The molecule has 4 aromatic rings. The van der Waals surface area contributed by atoms with E-state index in [9.17, 15) is 0 Å². The van der Waals surface area contributed by atoms with Crippen LogP contribution in [-0.4, -0.2) is 9.38 Å². The molecule has 2 aromatic heterocycles. The Labute approximate surface area is 159 Å². The molecule has 0 aliphatic heterocycles. The smallest absolute Gasteiger partial charge is 0.187 e. The summed E-state index contributed by atoms with van der Waals surface area (Å²) in [5.74, 6) is 0.749. The first-order valence-corrected chi connectivity index (χ1v) is 9.06. The van der Waals surface area contributed by atoms with Crippen LogP contribution in [0.25, 0.3) is 16.9 Å². The van der Waals surface area contributed by atoms with E-state index in [-0.39, 0.29) is 0 Å². The average Bonchev–Trinajstić information content (AvgIpc) is 2.99. The van der Waals surface area contributed by atoms with Gasteiger partial charge in [0.1, 0.15) is 11.3 Å². The second kappa shape index (κ2) is 6.80. The number of imidazole rings is 1. The fraction of sp³-hybridized carbons (Fsp3) is 0.174. The zero-order chi connectivity index (χ0) is 19.0. The van der Waals surface area contributed by atoms with Gasteiger partial charge in [0.2, 0.25) is 0 Å². The quantitative estimate of drug-likeness (QED) is 0.380. The first-order valence-electron chi connectivity index (χ1n) is 9.06. The summed E-state index contributed by atoms with van der Waals surface area (Å²) in [5, 5.41) is 9.28. The van der Waals surface area contributed by atoms with Gasteiger partial charge in [-0.25, -0.2) is 4.98 Å². The van der Waals surface area contributed by atoms with Crippen LogP contribution in [0, 0.1) is 27.7 Å². The molecule has 2 aromatic carbocycles. The molecule has 4 heteroatoms. The van der Waals surface area contributed by atoms with E-state index in [1.807, 2.05) is 28.7 Å². The van der Waals surface area contributed by atoms with Crippen molar-refractivity contribution in [2.24, 2.45) is 10.2 Å². The lowest BCUT2D eigenvalue weighted by atomic mass is 10.1. The van der Waals surface area contributed by atoms with Crippen LogP contribution in [-0.2, 0) is 0 Å². The highest BCUT2D eigenvalue weighted by molar-refractivity contribution is 5.74. The van der Waals surface area contributed by atoms with Crippen molar-refractivity contribution in [2.45, 2.75) is 27.7 Å². The Hall–Kier alpha value is -3.27. The second-order valence-electron chi connectivity index (χ2n) is 7.03. The van der Waals surface area contributed by atoms with Crippen molar-refractivity contribution in [3.05, 3.63) is 83.0 Å². The van der Waals surface area contributed by atoms with Gasteiger partial charge in [0.25, 0.3) is 0 Å². The van der Waals surface area contributed by atoms with Crippen LogP contribution in [0.3, 0.4) is 0 Å². The molecule has 0 saturated carbocycles. The number of hydrogen-bond donors (Lipinski definition) is 0. The molecule has 0 bridgehead atoms. The van der Waals surface area contributed by atoms with E-state index in [0.29, 0.717) is 0 Å². The summed E-state index contributed by atoms with van der Waals surface area (Å²) in [5.41, 5.74) is 8.30. The van der Waals surface area contributed by atoms with E-state index in [0.717, 1.165) is 45.1 Å². The minimum absolute atomic E-state index is 0.749. The molecule has 0 amide bonds. The number of pyridine rings is 1. The van der Waals surface area contributed by atoms with Gasteiger partial charge in [0.15, 0.2) is 5.82 Å². The van der Waals surface area contributed by atoms with E-state index in [4.69, 9.17) is 4.98 Å². The molecule has 0 spiro atoms. The first-order chi connectivity index (χ1) is 13.0. The lowest BCUT2D eigenvalue weighted by molar-refractivity contribution is 1.08. The van der Waals surface area contributed by atoms with Gasteiger partial charge in [0, 0.05) is 11.8 Å². The van der Waals surface area contributed by atoms with Crippen LogP contribution < -0.4 is 0 Å². The van der Waals surface area contributed by atoms with Crippen molar-refractivity contribution < 1.29 is 0 Å². The predicted molar refractivity (Wildman–Crippen MR) is 110 cm³/mol. The summed E-state index contributed by atoms with van der Waals surface area (Å²) < 4.78 is 2.01. The van der Waals surface area contributed by atoms with Gasteiger partial charge in [0.05, 0.1) is 5.69 Å². The van der Waals surface area contributed by atoms with Crippen LogP contribution in [0.2, 0.25) is 0 Å². The molecular formula is C23H22N4. The summed E-state index contributed by atoms with van der Waals surface area (Å²) in [4.78, 5) is 4.80. The lowest BCUT2D eigenvalue weighted by Gasteiger charge is -2.06. The van der Waals surface area contributed by atoms with Gasteiger partial charge in [-0.05, 0) is 50.5 Å². The monoisotopic (exact) mass is 354 g/mol. The number of nitrogens with zero attached hydrogens (tertiary/aromatic N) is 4. The highest BCUT2D eigenvalue weighted by Crippen LogP contribution is 2.34. The summed E-state index contributed by atoms with van der Waals surface area (Å²) in [7, 11) is 0. The minimum atomic E-state index is 0.749. The number of aryl methyl sites for hydroxylation is 4. The Kier molecular flexibility index (Phi) is 4.32. The summed E-state index contributed by atoms with van der Waals surface area (Å²) in [6.07, 6.45) is 2.05. The van der Waals surface area contributed by atoms with Crippen molar-refractivity contribution in [1.82, 2.24) is 9.38 Å². The van der Waals surface area contributed by atoms with Crippen molar-refractivity contribution >= 4 is 17.2 Å². The second-order valence-corrected chi connectivity index (χ2v) is 7.03. The number of aromatic nitrogens is 2. The third-order valence-corrected chi connectivity index (χ3v) is 4.67. The predicted octanol–water partition coefficient (Wildman–Crippen LogP) is 6.65. The maximum absolute atomic E-state index is 4.80. The number of benzene rings is 2. The molecule has 4 rings (SSSR count). The molecule has 0 aliphatic rings. The Bertz CT molecular complexity index is 1130. The van der Waals surface area contributed by atoms with Crippen molar-refractivity contribution in [3.8, 4) is 11.3 Å². The van der Waals surface area contributed by atoms with Gasteiger partial charge in [-0.15, -0.1) is 10.2 Å². The van der Waals surface area contributed by atoms with Crippen molar-refractivity contribution in [2.75, 3.05) is 0 Å². The van der Waals surface area contributed by atoms with Gasteiger partial charge in [-0.3, -0.25) is 4.40 Å². The number of fused-ring (bicyclic) bond motifs is 1. The van der Waals surface area contributed by atoms with Crippen LogP contribution in [0.5, 0.6) is 0 Å². The number of rotatable bonds is 3. The van der Waals surface area contributed by atoms with E-state index >= 15 is 0 Å². The van der Waals surface area contributed by atoms with Crippen LogP contribution in [0.15, 0.2) is 71.0 Å². The van der Waals surface area contributed by atoms with E-state index in [1.54, 1.807) is 0 Å². The average molecular weight is 354 g/mol. The summed E-state index contributed by atoms with van der Waals surface area (Å²) >= 11 is 0. The maximum atomic E-state index is 4.80. The van der Waals surface area contributed by atoms with Gasteiger partial charge in [-0.2, -0.15) is 0 Å². The Balaban J connectivity index is 1.91. The zero-order valence-corrected chi connectivity index (χ0v) is 16.1. The fourth-order valence-corrected chi connectivity index (χ4v) is 3.45. The normalized spacial score (nSPS) is 11.6. The van der Waals surface area contributed by atoms with Gasteiger partial charge < -0.3 is 0 Å². The molecule has 0 saturated heterocycles. The molecule has 0 N–H and O–H groups in total. The topological polar surface area (TPSA) is 42.0 Å². The zero-order valence-electron chi connectivity index (χ0n) is 16.1. The van der Waals surface area contributed by atoms with E-state index in [2.05, 4.69) is 74.5 Å². The number of azo groups is 1. The van der Waals surface area contributed by atoms with Crippen molar-refractivity contribution in [3.63, 3.8) is 0 Å². The number of hydrogen-bond acceptors (Lipinski definition) is 3. The Morgan fingerprint density at radius 2 is 1.48 bits per heavy atom. The molecule has 27 heavy (non-hydrogen) atoms. The standard InChI is InChI=1S/C23H22N4/c1-15-10-11-20-24-22(19-8-6-5-7-9-19)23(27(20)14-15)26-25-21-17(3)12-16(2)13-18(21)4/h5-14H,1-4H3. The fourth-order valence-electron chi connectivity index (χ4n) is 3.45. The summed E-state index contributed by atoms with van der Waals surface area (Å²) in [6.45, 7) is 8.31. The molecular weight excluding hydrogens is 332 g/mol. The van der Waals surface area contributed by atoms with Gasteiger partial charge in [-0.1, -0.05) is 54.1 Å². The lowest BCUT2D eigenvalue weighted by Crippen LogP contribution is -1.86. The van der Waals surface area contributed by atoms with Crippen LogP contribution in [0.4, 0.5) is 11.5 Å². The molecule has 0 atom stereocenters. The molecule has 0 fully saturated rings. The van der Waals surface area contributed by atoms with Crippen LogP contribution in [0.1, 0.15) is 22.3 Å². The van der Waals surface area contributed by atoms with E-state index in [1.165, 1.54) is 5.56 Å². The molecule has 0 unspecified atom stereocenters. The SMILES string of the molecule is Cc1cc(C)c(N=Nc2c(-c3ccccc3)nc3ccc(C)cn23)c(C)c1. The summed E-state index contributed by atoms with van der Waals surface area (Å²) in [6, 6.07) is 18.5. The molecule has 134 valence electrons. The van der Waals surface area contributed by atoms with Crippen LogP contribution >= 0.6 is 0 Å². The molecule has 4 nitrogen and oxygen atoms in total. The minimum Gasteiger partial charge on any atom is -0.282 e. The Morgan fingerprint density at radius 3 is 2.19 bits per heavy atom. The molecule has 2 heterocycles. The molecule has 0 radical (unpaired) electrons. The Morgan fingerprint density at radius 1 is 0.778 bits per heavy atom. The third-order valence-electron chi connectivity index (χ3n) is 4.67. The van der Waals surface area contributed by atoms with E-state index < -0.39 is 0 Å². The third kappa shape index (κ3) is 3.26. The van der Waals surface area contributed by atoms with Gasteiger partial charge >= 0.3 is 0 Å². The molecule has 0 aliphatic carbocycles. The highest BCUT2D eigenvalue weighted by atomic mass is 15.2.